The van der Waals surface area contributed by atoms with Crippen molar-refractivity contribution in [1.29, 1.82) is 0 Å². The molecule has 0 unspecified atom stereocenters. The van der Waals surface area contributed by atoms with Crippen LogP contribution in [0.3, 0.4) is 0 Å². The van der Waals surface area contributed by atoms with Gasteiger partial charge in [0, 0.05) is 12.0 Å². The summed E-state index contributed by atoms with van der Waals surface area (Å²) in [4.78, 5) is 12.2. The van der Waals surface area contributed by atoms with Gasteiger partial charge in [-0.15, -0.1) is 0 Å². The summed E-state index contributed by atoms with van der Waals surface area (Å²) in [5.74, 6) is 0.0323. The van der Waals surface area contributed by atoms with Crippen LogP contribution in [0.25, 0.3) is 0 Å². The Kier molecular flexibility index (Phi) is 5.35. The van der Waals surface area contributed by atoms with E-state index in [1.807, 2.05) is 6.92 Å². The third-order valence-corrected chi connectivity index (χ3v) is 3.37. The number of hydrogen-bond acceptors (Lipinski definition) is 3. The van der Waals surface area contributed by atoms with Crippen LogP contribution >= 0.6 is 0 Å². The second-order valence-electron chi connectivity index (χ2n) is 5.00. The molecule has 2 N–H and O–H groups in total. The largest absolute Gasteiger partial charge is 0.491 e. The van der Waals surface area contributed by atoms with Crippen molar-refractivity contribution in [3.63, 3.8) is 0 Å². The molecule has 1 aliphatic heterocycles. The van der Waals surface area contributed by atoms with Gasteiger partial charge in [-0.2, -0.15) is 0 Å². The van der Waals surface area contributed by atoms with E-state index in [-0.39, 0.29) is 17.6 Å². The molecule has 1 fully saturated rings. The van der Waals surface area contributed by atoms with Gasteiger partial charge in [0.05, 0.1) is 12.3 Å². The van der Waals surface area contributed by atoms with Crippen molar-refractivity contribution in [3.05, 3.63) is 24.0 Å². The normalized spacial score (nSPS) is 15.9. The predicted molar refractivity (Wildman–Crippen MR) is 76.4 cm³/mol. The highest BCUT2D eigenvalue weighted by atomic mass is 19.1. The van der Waals surface area contributed by atoms with E-state index < -0.39 is 0 Å². The molecular formula is C15H21FN2O2. The number of benzene rings is 1. The lowest BCUT2D eigenvalue weighted by Crippen LogP contribution is -2.34. The van der Waals surface area contributed by atoms with Gasteiger partial charge in [-0.1, -0.05) is 6.92 Å². The van der Waals surface area contributed by atoms with Crippen LogP contribution in [0.2, 0.25) is 0 Å². The molecule has 1 heterocycles. The van der Waals surface area contributed by atoms with Crippen LogP contribution in [0.15, 0.2) is 18.2 Å². The number of piperidine rings is 1. The molecule has 20 heavy (non-hydrogen) atoms. The van der Waals surface area contributed by atoms with Crippen LogP contribution in [0, 0.1) is 11.7 Å². The van der Waals surface area contributed by atoms with Crippen molar-refractivity contribution in [2.75, 3.05) is 25.0 Å². The molecule has 110 valence electrons. The molecule has 1 saturated heterocycles. The highest BCUT2D eigenvalue weighted by molar-refractivity contribution is 5.94. The fraction of sp³-hybridized carbons (Fsp3) is 0.533. The van der Waals surface area contributed by atoms with E-state index in [0.717, 1.165) is 32.4 Å². The molecule has 1 amide bonds. The molecule has 0 atom stereocenters. The molecule has 1 aliphatic rings. The minimum atomic E-state index is -0.365. The summed E-state index contributed by atoms with van der Waals surface area (Å²) in [6.45, 7) is 4.20. The zero-order valence-electron chi connectivity index (χ0n) is 11.7. The van der Waals surface area contributed by atoms with Crippen molar-refractivity contribution in [3.8, 4) is 5.75 Å². The van der Waals surface area contributed by atoms with Crippen molar-refractivity contribution >= 4 is 11.6 Å². The van der Waals surface area contributed by atoms with E-state index in [0.29, 0.717) is 18.0 Å². The van der Waals surface area contributed by atoms with Crippen molar-refractivity contribution in [2.45, 2.75) is 26.2 Å². The summed E-state index contributed by atoms with van der Waals surface area (Å²) in [5, 5.41) is 6.08. The maximum Gasteiger partial charge on any atom is 0.227 e. The van der Waals surface area contributed by atoms with E-state index in [9.17, 15) is 9.18 Å². The van der Waals surface area contributed by atoms with Gasteiger partial charge >= 0.3 is 0 Å². The lowest BCUT2D eigenvalue weighted by molar-refractivity contribution is -0.120. The van der Waals surface area contributed by atoms with Gasteiger partial charge in [-0.25, -0.2) is 4.39 Å². The lowest BCUT2D eigenvalue weighted by Gasteiger charge is -2.22. The minimum absolute atomic E-state index is 0.0142. The number of hydrogen-bond donors (Lipinski definition) is 2. The number of anilines is 1. The summed E-state index contributed by atoms with van der Waals surface area (Å²) in [6.07, 6.45) is 2.49. The molecule has 2 rings (SSSR count). The van der Waals surface area contributed by atoms with Gasteiger partial charge in [0.2, 0.25) is 5.91 Å². The summed E-state index contributed by atoms with van der Waals surface area (Å²) < 4.78 is 18.8. The molecule has 1 aromatic rings. The fourth-order valence-electron chi connectivity index (χ4n) is 2.25. The fourth-order valence-corrected chi connectivity index (χ4v) is 2.25. The Bertz CT molecular complexity index is 459. The zero-order chi connectivity index (χ0) is 14.4. The van der Waals surface area contributed by atoms with Crippen molar-refractivity contribution in [1.82, 2.24) is 5.32 Å². The van der Waals surface area contributed by atoms with Gasteiger partial charge in [-0.05, 0) is 44.5 Å². The number of rotatable bonds is 5. The molecule has 0 saturated carbocycles. The predicted octanol–water partition coefficient (Wildman–Crippen LogP) is 2.55. The molecule has 0 aromatic heterocycles. The van der Waals surface area contributed by atoms with Gasteiger partial charge in [0.1, 0.15) is 11.6 Å². The number of carbonyl (C=O) groups is 1. The van der Waals surface area contributed by atoms with Crippen molar-refractivity contribution < 1.29 is 13.9 Å². The summed E-state index contributed by atoms with van der Waals surface area (Å²) in [7, 11) is 0. The molecule has 0 aliphatic carbocycles. The third-order valence-electron chi connectivity index (χ3n) is 3.37. The second-order valence-corrected chi connectivity index (χ2v) is 5.00. The van der Waals surface area contributed by atoms with Crippen LogP contribution in [0.1, 0.15) is 26.2 Å². The first kappa shape index (κ1) is 14.8. The lowest BCUT2D eigenvalue weighted by atomic mass is 9.97. The Hall–Kier alpha value is -1.62. The smallest absolute Gasteiger partial charge is 0.227 e. The zero-order valence-corrected chi connectivity index (χ0v) is 11.7. The highest BCUT2D eigenvalue weighted by Gasteiger charge is 2.21. The topological polar surface area (TPSA) is 50.4 Å². The summed E-state index contributed by atoms with van der Waals surface area (Å²) in [5.41, 5.74) is 0.545. The minimum Gasteiger partial charge on any atom is -0.491 e. The van der Waals surface area contributed by atoms with Crippen LogP contribution in [0.5, 0.6) is 5.75 Å². The van der Waals surface area contributed by atoms with Crippen LogP contribution in [-0.4, -0.2) is 25.6 Å². The highest BCUT2D eigenvalue weighted by Crippen LogP contribution is 2.27. The molecule has 5 heteroatoms. The molecule has 4 nitrogen and oxygen atoms in total. The van der Waals surface area contributed by atoms with E-state index in [1.54, 1.807) is 6.07 Å². The van der Waals surface area contributed by atoms with Gasteiger partial charge in [-0.3, -0.25) is 4.79 Å². The Balaban J connectivity index is 2.05. The first-order valence-corrected chi connectivity index (χ1v) is 7.14. The average molecular weight is 280 g/mol. The first-order valence-electron chi connectivity index (χ1n) is 7.14. The standard InChI is InChI=1S/C15H21FN2O2/c1-2-9-20-14-10-12(16)3-4-13(14)18-15(19)11-5-7-17-8-6-11/h3-4,10-11,17H,2,5-9H2,1H3,(H,18,19). The molecule has 0 bridgehead atoms. The third kappa shape index (κ3) is 3.93. The van der Waals surface area contributed by atoms with Crippen LogP contribution in [0.4, 0.5) is 10.1 Å². The SMILES string of the molecule is CCCOc1cc(F)ccc1NC(=O)C1CCNCC1. The van der Waals surface area contributed by atoms with Gasteiger partial charge in [0.25, 0.3) is 0 Å². The second kappa shape index (κ2) is 7.24. The van der Waals surface area contributed by atoms with Crippen LogP contribution < -0.4 is 15.4 Å². The molecule has 0 radical (unpaired) electrons. The Morgan fingerprint density at radius 1 is 1.45 bits per heavy atom. The first-order chi connectivity index (χ1) is 9.70. The van der Waals surface area contributed by atoms with E-state index in [1.165, 1.54) is 12.1 Å². The Morgan fingerprint density at radius 2 is 2.20 bits per heavy atom. The number of halogens is 1. The average Bonchev–Trinajstić information content (AvgIpc) is 2.48. The maximum atomic E-state index is 13.3. The van der Waals surface area contributed by atoms with E-state index >= 15 is 0 Å². The monoisotopic (exact) mass is 280 g/mol. The van der Waals surface area contributed by atoms with Crippen LogP contribution in [-0.2, 0) is 4.79 Å². The number of amides is 1. The quantitative estimate of drug-likeness (QED) is 0.871. The van der Waals surface area contributed by atoms with Gasteiger partial charge in [0.15, 0.2) is 0 Å². The van der Waals surface area contributed by atoms with E-state index in [2.05, 4.69) is 10.6 Å². The van der Waals surface area contributed by atoms with Crippen molar-refractivity contribution in [2.24, 2.45) is 5.92 Å². The maximum absolute atomic E-state index is 13.3. The Labute approximate surface area is 118 Å². The number of nitrogens with one attached hydrogen (secondary N) is 2. The summed E-state index contributed by atoms with van der Waals surface area (Å²) in [6, 6.07) is 4.20. The van der Waals surface area contributed by atoms with E-state index in [4.69, 9.17) is 4.74 Å². The number of carbonyl (C=O) groups excluding carboxylic acids is 1. The molecular weight excluding hydrogens is 259 g/mol. The Morgan fingerprint density at radius 3 is 2.90 bits per heavy atom. The number of ether oxygens (including phenoxy) is 1. The molecule has 1 aromatic carbocycles. The van der Waals surface area contributed by atoms with Gasteiger partial charge < -0.3 is 15.4 Å². The summed E-state index contributed by atoms with van der Waals surface area (Å²) >= 11 is 0. The molecule has 0 spiro atoms.